The van der Waals surface area contributed by atoms with E-state index in [-0.39, 0.29) is 16.4 Å². The van der Waals surface area contributed by atoms with Crippen molar-refractivity contribution in [3.8, 4) is 5.75 Å². The zero-order valence-corrected chi connectivity index (χ0v) is 16.0. The Hall–Kier alpha value is -2.71. The molecule has 0 saturated carbocycles. The van der Waals surface area contributed by atoms with E-state index in [0.29, 0.717) is 31.7 Å². The Balaban J connectivity index is 1.53. The standard InChI is InChI=1S/C20H20N2O5S/c23-19-9-6-14-12-16(7-8-18(14)21-19)27-20(24)15-4-3-5-17(13-15)28(25,26)22-10-1-2-11-22/h3-5,7-8,12-13H,1-2,6,9-11H2,(H,21,23). The molecule has 0 atom stereocenters. The van der Waals surface area contributed by atoms with Gasteiger partial charge in [0, 0.05) is 25.2 Å². The fourth-order valence-corrected chi connectivity index (χ4v) is 5.01. The van der Waals surface area contributed by atoms with Crippen molar-refractivity contribution >= 4 is 27.6 Å². The molecule has 28 heavy (non-hydrogen) atoms. The number of nitrogens with one attached hydrogen (secondary N) is 1. The van der Waals surface area contributed by atoms with Gasteiger partial charge >= 0.3 is 5.97 Å². The molecule has 7 nitrogen and oxygen atoms in total. The van der Waals surface area contributed by atoms with E-state index in [0.717, 1.165) is 24.1 Å². The molecule has 1 N–H and O–H groups in total. The lowest BCUT2D eigenvalue weighted by Gasteiger charge is -2.17. The lowest BCUT2D eigenvalue weighted by Crippen LogP contribution is -2.28. The van der Waals surface area contributed by atoms with Crippen LogP contribution in [0.15, 0.2) is 47.4 Å². The molecule has 1 saturated heterocycles. The predicted molar refractivity (Wildman–Crippen MR) is 103 cm³/mol. The normalized spacial score (nSPS) is 17.1. The van der Waals surface area contributed by atoms with Crippen molar-refractivity contribution in [2.75, 3.05) is 18.4 Å². The summed E-state index contributed by atoms with van der Waals surface area (Å²) in [6.45, 7) is 1.01. The number of carbonyl (C=O) groups is 2. The number of hydrogen-bond donors (Lipinski definition) is 1. The summed E-state index contributed by atoms with van der Waals surface area (Å²) in [7, 11) is -3.60. The lowest BCUT2D eigenvalue weighted by atomic mass is 10.0. The van der Waals surface area contributed by atoms with Gasteiger partial charge in [0.05, 0.1) is 10.5 Å². The Kier molecular flexibility index (Phi) is 4.91. The molecule has 0 bridgehead atoms. The van der Waals surface area contributed by atoms with Crippen LogP contribution in [0.1, 0.15) is 35.2 Å². The van der Waals surface area contributed by atoms with Crippen molar-refractivity contribution in [2.45, 2.75) is 30.6 Å². The molecule has 2 aliphatic rings. The van der Waals surface area contributed by atoms with E-state index in [2.05, 4.69) is 5.32 Å². The number of benzene rings is 2. The fraction of sp³-hybridized carbons (Fsp3) is 0.300. The smallest absolute Gasteiger partial charge is 0.343 e. The van der Waals surface area contributed by atoms with Crippen LogP contribution in [0.5, 0.6) is 5.75 Å². The molecule has 0 aliphatic carbocycles. The molecular weight excluding hydrogens is 380 g/mol. The summed E-state index contributed by atoms with van der Waals surface area (Å²) < 4.78 is 32.3. The second-order valence-corrected chi connectivity index (χ2v) is 8.83. The summed E-state index contributed by atoms with van der Waals surface area (Å²) in [5, 5.41) is 2.77. The van der Waals surface area contributed by atoms with Gasteiger partial charge in [-0.05, 0) is 61.2 Å². The monoisotopic (exact) mass is 400 g/mol. The molecule has 2 aromatic carbocycles. The van der Waals surface area contributed by atoms with Gasteiger partial charge in [-0.25, -0.2) is 13.2 Å². The SMILES string of the molecule is O=C1CCc2cc(OC(=O)c3cccc(S(=O)(=O)N4CCCC4)c3)ccc2N1. The summed E-state index contributed by atoms with van der Waals surface area (Å²) in [5.41, 5.74) is 1.79. The Bertz CT molecular complexity index is 1040. The molecule has 4 rings (SSSR count). The molecule has 2 heterocycles. The van der Waals surface area contributed by atoms with Gasteiger partial charge in [0.15, 0.2) is 0 Å². The lowest BCUT2D eigenvalue weighted by molar-refractivity contribution is -0.116. The van der Waals surface area contributed by atoms with Crippen LogP contribution in [-0.4, -0.2) is 37.7 Å². The third kappa shape index (κ3) is 3.65. The second kappa shape index (κ2) is 7.37. The van der Waals surface area contributed by atoms with Crippen LogP contribution in [-0.2, 0) is 21.2 Å². The highest BCUT2D eigenvalue weighted by Gasteiger charge is 2.28. The zero-order chi connectivity index (χ0) is 19.7. The van der Waals surface area contributed by atoms with Crippen LogP contribution >= 0.6 is 0 Å². The first kappa shape index (κ1) is 18.6. The van der Waals surface area contributed by atoms with E-state index < -0.39 is 16.0 Å². The molecule has 2 aliphatic heterocycles. The van der Waals surface area contributed by atoms with E-state index in [1.165, 1.54) is 22.5 Å². The molecule has 146 valence electrons. The molecule has 1 amide bonds. The van der Waals surface area contributed by atoms with Gasteiger partial charge in [-0.1, -0.05) is 6.07 Å². The van der Waals surface area contributed by atoms with Crippen molar-refractivity contribution < 1.29 is 22.7 Å². The van der Waals surface area contributed by atoms with Gasteiger partial charge in [0.25, 0.3) is 0 Å². The van der Waals surface area contributed by atoms with E-state index in [1.54, 1.807) is 24.3 Å². The van der Waals surface area contributed by atoms with E-state index in [1.807, 2.05) is 0 Å². The highest BCUT2D eigenvalue weighted by atomic mass is 32.2. The Morgan fingerprint density at radius 3 is 2.61 bits per heavy atom. The Morgan fingerprint density at radius 1 is 1.04 bits per heavy atom. The number of ether oxygens (including phenoxy) is 1. The molecule has 0 radical (unpaired) electrons. The average molecular weight is 400 g/mol. The minimum absolute atomic E-state index is 0.0340. The van der Waals surface area contributed by atoms with Crippen LogP contribution < -0.4 is 10.1 Å². The summed E-state index contributed by atoms with van der Waals surface area (Å²) in [6, 6.07) is 10.9. The minimum atomic E-state index is -3.60. The predicted octanol–water partition coefficient (Wildman–Crippen LogP) is 2.58. The Morgan fingerprint density at radius 2 is 1.82 bits per heavy atom. The highest BCUT2D eigenvalue weighted by Crippen LogP contribution is 2.27. The van der Waals surface area contributed by atoms with Gasteiger partial charge in [-0.2, -0.15) is 4.31 Å². The van der Waals surface area contributed by atoms with Gasteiger partial charge in [-0.3, -0.25) is 4.79 Å². The van der Waals surface area contributed by atoms with E-state index in [9.17, 15) is 18.0 Å². The first-order chi connectivity index (χ1) is 13.4. The van der Waals surface area contributed by atoms with Gasteiger partial charge < -0.3 is 10.1 Å². The number of fused-ring (bicyclic) bond motifs is 1. The third-order valence-corrected chi connectivity index (χ3v) is 6.85. The first-order valence-electron chi connectivity index (χ1n) is 9.19. The number of hydrogen-bond acceptors (Lipinski definition) is 5. The van der Waals surface area contributed by atoms with Gasteiger partial charge in [0.1, 0.15) is 5.75 Å². The molecular formula is C20H20N2O5S. The number of anilines is 1. The molecule has 8 heteroatoms. The van der Waals surface area contributed by atoms with Crippen molar-refractivity contribution in [2.24, 2.45) is 0 Å². The fourth-order valence-electron chi connectivity index (χ4n) is 3.45. The summed E-state index contributed by atoms with van der Waals surface area (Å²) >= 11 is 0. The maximum atomic E-state index is 12.7. The van der Waals surface area contributed by atoms with Crippen LogP contribution in [0.25, 0.3) is 0 Å². The van der Waals surface area contributed by atoms with Gasteiger partial charge in [-0.15, -0.1) is 0 Å². The number of carbonyl (C=O) groups excluding carboxylic acids is 2. The average Bonchev–Trinajstić information content (AvgIpc) is 3.24. The number of nitrogens with zero attached hydrogens (tertiary/aromatic N) is 1. The third-order valence-electron chi connectivity index (χ3n) is 4.96. The number of esters is 1. The molecule has 0 aromatic heterocycles. The molecule has 0 spiro atoms. The van der Waals surface area contributed by atoms with Crippen molar-refractivity contribution in [1.29, 1.82) is 0 Å². The summed E-state index contributed by atoms with van der Waals surface area (Å²) in [5.74, 6) is -0.306. The minimum Gasteiger partial charge on any atom is -0.423 e. The van der Waals surface area contributed by atoms with Crippen LogP contribution in [0.3, 0.4) is 0 Å². The number of sulfonamides is 1. The number of amides is 1. The summed E-state index contributed by atoms with van der Waals surface area (Å²) in [6.07, 6.45) is 2.66. The molecule has 1 fully saturated rings. The van der Waals surface area contributed by atoms with Crippen molar-refractivity contribution in [3.05, 3.63) is 53.6 Å². The summed E-state index contributed by atoms with van der Waals surface area (Å²) in [4.78, 5) is 24.1. The second-order valence-electron chi connectivity index (χ2n) is 6.90. The molecule has 0 unspecified atom stereocenters. The van der Waals surface area contributed by atoms with Crippen LogP contribution in [0.2, 0.25) is 0 Å². The van der Waals surface area contributed by atoms with Crippen LogP contribution in [0, 0.1) is 0 Å². The first-order valence-corrected chi connectivity index (χ1v) is 10.6. The maximum absolute atomic E-state index is 12.7. The van der Waals surface area contributed by atoms with Crippen molar-refractivity contribution in [1.82, 2.24) is 4.31 Å². The van der Waals surface area contributed by atoms with Crippen LogP contribution in [0.4, 0.5) is 5.69 Å². The largest absolute Gasteiger partial charge is 0.423 e. The zero-order valence-electron chi connectivity index (χ0n) is 15.2. The Labute approximate surface area is 163 Å². The quantitative estimate of drug-likeness (QED) is 0.629. The number of rotatable bonds is 4. The van der Waals surface area contributed by atoms with E-state index in [4.69, 9.17) is 4.74 Å². The number of aryl methyl sites for hydroxylation is 1. The highest BCUT2D eigenvalue weighted by molar-refractivity contribution is 7.89. The molecule has 2 aromatic rings. The topological polar surface area (TPSA) is 92.8 Å². The van der Waals surface area contributed by atoms with E-state index >= 15 is 0 Å². The maximum Gasteiger partial charge on any atom is 0.343 e. The van der Waals surface area contributed by atoms with Crippen molar-refractivity contribution in [3.63, 3.8) is 0 Å². The van der Waals surface area contributed by atoms with Gasteiger partial charge in [0.2, 0.25) is 15.9 Å².